The molecule has 2 aromatic carbocycles. The summed E-state index contributed by atoms with van der Waals surface area (Å²) in [5, 5.41) is 2.51. The van der Waals surface area contributed by atoms with Crippen LogP contribution in [0.15, 0.2) is 47.4 Å². The summed E-state index contributed by atoms with van der Waals surface area (Å²) in [6, 6.07) is 8.04. The van der Waals surface area contributed by atoms with Crippen molar-refractivity contribution in [3.63, 3.8) is 0 Å². The highest BCUT2D eigenvalue weighted by atomic mass is 32.2. The lowest BCUT2D eigenvalue weighted by Crippen LogP contribution is -2.29. The monoisotopic (exact) mass is 412 g/mol. The number of hydrogen-bond donors (Lipinski definition) is 1. The fourth-order valence-electron chi connectivity index (χ4n) is 2.83. The third-order valence-electron chi connectivity index (χ3n) is 4.29. The largest absolute Gasteiger partial charge is 0.416 e. The number of sulfonamides is 1. The van der Waals surface area contributed by atoms with Crippen LogP contribution in [0.4, 0.5) is 13.2 Å². The van der Waals surface area contributed by atoms with Gasteiger partial charge in [-0.3, -0.25) is 9.59 Å². The Labute approximate surface area is 159 Å². The molecule has 3 rings (SSSR count). The summed E-state index contributed by atoms with van der Waals surface area (Å²) < 4.78 is 63.2. The van der Waals surface area contributed by atoms with Crippen LogP contribution < -0.4 is 5.32 Å². The molecule has 0 unspecified atom stereocenters. The molecule has 1 aliphatic rings. The number of carbonyl (C=O) groups is 2. The van der Waals surface area contributed by atoms with Gasteiger partial charge in [-0.1, -0.05) is 12.1 Å². The Morgan fingerprint density at radius 3 is 2.32 bits per heavy atom. The van der Waals surface area contributed by atoms with Crippen molar-refractivity contribution in [3.8, 4) is 0 Å². The minimum atomic E-state index is -4.44. The smallest absolute Gasteiger partial charge is 0.348 e. The van der Waals surface area contributed by atoms with Crippen molar-refractivity contribution < 1.29 is 31.2 Å². The van der Waals surface area contributed by atoms with Crippen molar-refractivity contribution >= 4 is 21.8 Å². The highest BCUT2D eigenvalue weighted by Gasteiger charge is 2.40. The first-order valence-corrected chi connectivity index (χ1v) is 9.65. The van der Waals surface area contributed by atoms with E-state index in [1.807, 2.05) is 0 Å². The van der Waals surface area contributed by atoms with Crippen LogP contribution >= 0.6 is 0 Å². The maximum atomic E-state index is 12.6. The molecule has 0 saturated carbocycles. The molecule has 1 aliphatic heterocycles. The maximum absolute atomic E-state index is 12.6. The number of halogens is 3. The maximum Gasteiger partial charge on any atom is 0.416 e. The van der Waals surface area contributed by atoms with Crippen LogP contribution in [0, 0.1) is 0 Å². The van der Waals surface area contributed by atoms with Crippen LogP contribution in [0.2, 0.25) is 0 Å². The molecule has 0 aliphatic carbocycles. The predicted molar refractivity (Wildman–Crippen MR) is 93.0 cm³/mol. The van der Waals surface area contributed by atoms with E-state index < -0.39 is 33.6 Å². The first kappa shape index (κ1) is 19.9. The van der Waals surface area contributed by atoms with Crippen LogP contribution in [-0.4, -0.2) is 31.1 Å². The number of nitrogens with one attached hydrogen (secondary N) is 1. The zero-order valence-corrected chi connectivity index (χ0v) is 15.4. The number of alkyl halides is 3. The molecule has 10 heteroatoms. The van der Waals surface area contributed by atoms with E-state index >= 15 is 0 Å². The van der Waals surface area contributed by atoms with E-state index in [1.54, 1.807) is 0 Å². The fraction of sp³-hybridized carbons (Fsp3) is 0.222. The highest BCUT2D eigenvalue weighted by molar-refractivity contribution is 7.90. The molecule has 0 atom stereocenters. The Bertz CT molecular complexity index is 1050. The lowest BCUT2D eigenvalue weighted by molar-refractivity contribution is -0.137. The van der Waals surface area contributed by atoms with Gasteiger partial charge in [0.15, 0.2) is 0 Å². The molecule has 2 amide bonds. The summed E-state index contributed by atoms with van der Waals surface area (Å²) in [5.74, 6) is -1.26. The Kier molecular flexibility index (Phi) is 4.92. The molecule has 0 radical (unpaired) electrons. The van der Waals surface area contributed by atoms with E-state index in [9.17, 15) is 31.2 Å². The fourth-order valence-corrected chi connectivity index (χ4v) is 4.43. The Morgan fingerprint density at radius 1 is 1.11 bits per heavy atom. The van der Waals surface area contributed by atoms with Gasteiger partial charge in [-0.25, -0.2) is 12.7 Å². The van der Waals surface area contributed by atoms with Gasteiger partial charge in [0.1, 0.15) is 4.90 Å². The summed E-state index contributed by atoms with van der Waals surface area (Å²) in [4.78, 5) is 24.2. The van der Waals surface area contributed by atoms with Crippen LogP contribution in [-0.2, 0) is 22.7 Å². The van der Waals surface area contributed by atoms with Gasteiger partial charge in [0.25, 0.3) is 21.8 Å². The van der Waals surface area contributed by atoms with E-state index in [4.69, 9.17) is 0 Å². The zero-order valence-electron chi connectivity index (χ0n) is 14.6. The van der Waals surface area contributed by atoms with E-state index in [0.29, 0.717) is 5.56 Å². The molecule has 1 N–H and O–H groups in total. The van der Waals surface area contributed by atoms with Gasteiger partial charge < -0.3 is 5.32 Å². The molecule has 0 fully saturated rings. The Morgan fingerprint density at radius 2 is 1.75 bits per heavy atom. The van der Waals surface area contributed by atoms with Gasteiger partial charge in [0, 0.05) is 18.7 Å². The van der Waals surface area contributed by atoms with Crippen molar-refractivity contribution in [1.29, 1.82) is 0 Å². The first-order valence-electron chi connectivity index (χ1n) is 8.21. The third kappa shape index (κ3) is 3.47. The number of benzene rings is 2. The number of amides is 2. The number of carbonyl (C=O) groups excluding carboxylic acids is 2. The van der Waals surface area contributed by atoms with Gasteiger partial charge in [-0.2, -0.15) is 13.2 Å². The molecule has 6 nitrogen and oxygen atoms in total. The minimum absolute atomic E-state index is 0.00106. The molecule has 0 spiro atoms. The standard InChI is InChI=1S/C18H15F3N2O4S/c1-2-23-17(25)14-8-5-12(9-15(14)28(23,26)27)16(24)22-10-11-3-6-13(7-4-11)18(19,20)21/h3-9H,2,10H2,1H3,(H,22,24). The summed E-state index contributed by atoms with van der Waals surface area (Å²) in [5.41, 5.74) is -0.319. The average molecular weight is 412 g/mol. The minimum Gasteiger partial charge on any atom is -0.348 e. The van der Waals surface area contributed by atoms with Gasteiger partial charge in [-0.15, -0.1) is 0 Å². The second-order valence-corrected chi connectivity index (χ2v) is 7.89. The Balaban J connectivity index is 1.76. The number of nitrogens with zero attached hydrogens (tertiary/aromatic N) is 1. The van der Waals surface area contributed by atoms with Crippen molar-refractivity contribution in [2.24, 2.45) is 0 Å². The zero-order chi connectivity index (χ0) is 20.7. The van der Waals surface area contributed by atoms with E-state index in [0.717, 1.165) is 22.5 Å². The van der Waals surface area contributed by atoms with Crippen molar-refractivity contribution in [2.45, 2.75) is 24.5 Å². The SMILES string of the molecule is CCN1C(=O)c2ccc(C(=O)NCc3ccc(C(F)(F)F)cc3)cc2S1(=O)=O. The lowest BCUT2D eigenvalue weighted by atomic mass is 10.1. The molecule has 28 heavy (non-hydrogen) atoms. The van der Waals surface area contributed by atoms with E-state index in [2.05, 4.69) is 5.32 Å². The van der Waals surface area contributed by atoms with Gasteiger partial charge in [0.2, 0.25) is 0 Å². The van der Waals surface area contributed by atoms with Crippen LogP contribution in [0.3, 0.4) is 0 Å². The average Bonchev–Trinajstić information content (AvgIpc) is 2.84. The topological polar surface area (TPSA) is 83.6 Å². The number of rotatable bonds is 4. The van der Waals surface area contributed by atoms with Crippen molar-refractivity contribution in [3.05, 3.63) is 64.7 Å². The second kappa shape index (κ2) is 6.93. The summed E-state index contributed by atoms with van der Waals surface area (Å²) in [6.45, 7) is 1.46. The molecule has 148 valence electrons. The normalized spacial score (nSPS) is 15.4. The van der Waals surface area contributed by atoms with Crippen LogP contribution in [0.25, 0.3) is 0 Å². The second-order valence-electron chi connectivity index (χ2n) is 6.06. The molecule has 1 heterocycles. The predicted octanol–water partition coefficient (Wildman–Crippen LogP) is 2.80. The molecule has 2 aromatic rings. The Hall–Kier alpha value is -2.88. The van der Waals surface area contributed by atoms with E-state index in [1.165, 1.54) is 31.2 Å². The van der Waals surface area contributed by atoms with Crippen LogP contribution in [0.5, 0.6) is 0 Å². The molecular formula is C18H15F3N2O4S. The number of fused-ring (bicyclic) bond motifs is 1. The quantitative estimate of drug-likeness (QED) is 0.837. The van der Waals surface area contributed by atoms with Crippen molar-refractivity contribution in [1.82, 2.24) is 9.62 Å². The van der Waals surface area contributed by atoms with Crippen molar-refractivity contribution in [2.75, 3.05) is 6.54 Å². The van der Waals surface area contributed by atoms with Crippen LogP contribution in [0.1, 0.15) is 38.8 Å². The number of hydrogen-bond acceptors (Lipinski definition) is 4. The molecule has 0 saturated heterocycles. The summed E-state index contributed by atoms with van der Waals surface area (Å²) in [6.07, 6.45) is -4.44. The highest BCUT2D eigenvalue weighted by Crippen LogP contribution is 2.31. The summed E-state index contributed by atoms with van der Waals surface area (Å²) >= 11 is 0. The summed E-state index contributed by atoms with van der Waals surface area (Å²) in [7, 11) is -3.99. The van der Waals surface area contributed by atoms with Gasteiger partial charge in [0.05, 0.1) is 11.1 Å². The van der Waals surface area contributed by atoms with E-state index in [-0.39, 0.29) is 29.1 Å². The molecule has 0 aromatic heterocycles. The molecular weight excluding hydrogens is 397 g/mol. The van der Waals surface area contributed by atoms with Gasteiger partial charge >= 0.3 is 6.18 Å². The lowest BCUT2D eigenvalue weighted by Gasteiger charge is -2.11. The molecule has 0 bridgehead atoms. The third-order valence-corrected chi connectivity index (χ3v) is 6.19. The first-order chi connectivity index (χ1) is 13.1. The van der Waals surface area contributed by atoms with Gasteiger partial charge in [-0.05, 0) is 42.8 Å².